The summed E-state index contributed by atoms with van der Waals surface area (Å²) in [7, 11) is 0. The molecule has 0 saturated heterocycles. The molecule has 0 unspecified atom stereocenters. The molecule has 92 valence electrons. The van der Waals surface area contributed by atoms with Gasteiger partial charge in [0.25, 0.3) is 0 Å². The van der Waals surface area contributed by atoms with E-state index < -0.39 is 0 Å². The number of fused-ring (bicyclic) bond motifs is 1. The lowest BCUT2D eigenvalue weighted by atomic mass is 10.2. The van der Waals surface area contributed by atoms with Gasteiger partial charge in [0.1, 0.15) is 5.01 Å². The average molecular weight is 297 g/mol. The van der Waals surface area contributed by atoms with Crippen molar-refractivity contribution in [2.75, 3.05) is 0 Å². The third-order valence-electron chi connectivity index (χ3n) is 2.39. The standard InChI is InChI=1S/C11H9ClN4S2/c1-6-2-3-7-8(4-6)14-11(13-7)17-5-9-15-16-10(12)18-9/h2-4H,5H2,1H3,(H,13,14). The number of hydrogen-bond acceptors (Lipinski definition) is 5. The summed E-state index contributed by atoms with van der Waals surface area (Å²) in [5, 5.41) is 9.54. The zero-order chi connectivity index (χ0) is 12.5. The van der Waals surface area contributed by atoms with Crippen molar-refractivity contribution in [1.29, 1.82) is 0 Å². The maximum absolute atomic E-state index is 5.74. The van der Waals surface area contributed by atoms with Crippen molar-refractivity contribution in [3.63, 3.8) is 0 Å². The lowest BCUT2D eigenvalue weighted by Crippen LogP contribution is -1.80. The van der Waals surface area contributed by atoms with Gasteiger partial charge in [0.05, 0.1) is 16.8 Å². The van der Waals surface area contributed by atoms with Crippen LogP contribution in [0.3, 0.4) is 0 Å². The molecule has 0 atom stereocenters. The summed E-state index contributed by atoms with van der Waals surface area (Å²) < 4.78 is 0.478. The van der Waals surface area contributed by atoms with Crippen LogP contribution >= 0.6 is 34.7 Å². The molecule has 0 aliphatic heterocycles. The first kappa shape index (κ1) is 12.0. The number of thioether (sulfide) groups is 1. The van der Waals surface area contributed by atoms with E-state index in [-0.39, 0.29) is 0 Å². The molecule has 1 N–H and O–H groups in total. The third kappa shape index (κ3) is 2.50. The summed E-state index contributed by atoms with van der Waals surface area (Å²) in [5.41, 5.74) is 3.27. The van der Waals surface area contributed by atoms with Gasteiger partial charge in [-0.05, 0) is 36.2 Å². The van der Waals surface area contributed by atoms with E-state index in [2.05, 4.69) is 39.2 Å². The first-order chi connectivity index (χ1) is 8.70. The van der Waals surface area contributed by atoms with E-state index >= 15 is 0 Å². The summed E-state index contributed by atoms with van der Waals surface area (Å²) in [6.45, 7) is 2.07. The minimum absolute atomic E-state index is 0.478. The third-order valence-corrected chi connectivity index (χ3v) is 4.48. The fraction of sp³-hybridized carbons (Fsp3) is 0.182. The molecular weight excluding hydrogens is 288 g/mol. The fourth-order valence-electron chi connectivity index (χ4n) is 1.59. The Bertz CT molecular complexity index is 691. The van der Waals surface area contributed by atoms with Crippen LogP contribution in [-0.2, 0) is 5.75 Å². The van der Waals surface area contributed by atoms with Gasteiger partial charge in [-0.25, -0.2) is 4.98 Å². The summed E-state index contributed by atoms with van der Waals surface area (Å²) in [5.74, 6) is 0.725. The molecule has 3 rings (SSSR count). The van der Waals surface area contributed by atoms with Crippen molar-refractivity contribution in [3.8, 4) is 0 Å². The van der Waals surface area contributed by atoms with E-state index in [1.54, 1.807) is 11.8 Å². The molecule has 0 fully saturated rings. The molecule has 0 amide bonds. The lowest BCUT2D eigenvalue weighted by molar-refractivity contribution is 1.03. The monoisotopic (exact) mass is 296 g/mol. The minimum Gasteiger partial charge on any atom is -0.333 e. The molecule has 0 aliphatic rings. The predicted octanol–water partition coefficient (Wildman–Crippen LogP) is 3.67. The molecule has 1 aromatic carbocycles. The summed E-state index contributed by atoms with van der Waals surface area (Å²) in [6, 6.07) is 6.17. The van der Waals surface area contributed by atoms with Crippen LogP contribution in [0.25, 0.3) is 11.0 Å². The van der Waals surface area contributed by atoms with Crippen LogP contribution in [0.15, 0.2) is 23.4 Å². The van der Waals surface area contributed by atoms with Gasteiger partial charge in [0.2, 0.25) is 4.47 Å². The van der Waals surface area contributed by atoms with Crippen molar-refractivity contribution in [1.82, 2.24) is 20.2 Å². The van der Waals surface area contributed by atoms with E-state index in [9.17, 15) is 0 Å². The SMILES string of the molecule is Cc1ccc2nc(SCc3nnc(Cl)s3)[nH]c2c1. The van der Waals surface area contributed by atoms with Gasteiger partial charge in [-0.15, -0.1) is 10.2 Å². The number of aromatic amines is 1. The highest BCUT2D eigenvalue weighted by Gasteiger charge is 2.06. The second-order valence-corrected chi connectivity index (χ2v) is 6.41. The van der Waals surface area contributed by atoms with E-state index in [0.29, 0.717) is 4.47 Å². The molecule has 0 saturated carbocycles. The molecular formula is C11H9ClN4S2. The second-order valence-electron chi connectivity index (χ2n) is 3.80. The van der Waals surface area contributed by atoms with Crippen molar-refractivity contribution >= 4 is 45.7 Å². The van der Waals surface area contributed by atoms with Gasteiger partial charge < -0.3 is 4.98 Å². The molecule has 3 aromatic rings. The highest BCUT2D eigenvalue weighted by atomic mass is 35.5. The zero-order valence-electron chi connectivity index (χ0n) is 9.48. The van der Waals surface area contributed by atoms with E-state index in [1.807, 2.05) is 6.07 Å². The molecule has 0 radical (unpaired) electrons. The Morgan fingerprint density at radius 3 is 3.06 bits per heavy atom. The molecule has 2 heterocycles. The number of imidazole rings is 1. The number of H-pyrrole nitrogens is 1. The van der Waals surface area contributed by atoms with E-state index in [4.69, 9.17) is 11.6 Å². The Balaban J connectivity index is 1.78. The smallest absolute Gasteiger partial charge is 0.207 e. The molecule has 7 heteroatoms. The molecule has 0 bridgehead atoms. The highest BCUT2D eigenvalue weighted by molar-refractivity contribution is 7.98. The first-order valence-electron chi connectivity index (χ1n) is 5.28. The maximum Gasteiger partial charge on any atom is 0.207 e. The Kier molecular flexibility index (Phi) is 3.23. The molecule has 18 heavy (non-hydrogen) atoms. The van der Waals surface area contributed by atoms with Crippen molar-refractivity contribution in [2.24, 2.45) is 0 Å². The normalized spacial score (nSPS) is 11.2. The minimum atomic E-state index is 0.478. The number of benzene rings is 1. The van der Waals surface area contributed by atoms with Crippen LogP contribution in [-0.4, -0.2) is 20.2 Å². The quantitative estimate of drug-likeness (QED) is 0.749. The van der Waals surface area contributed by atoms with Gasteiger partial charge in [-0.2, -0.15) is 0 Å². The van der Waals surface area contributed by atoms with Crippen LogP contribution in [0.1, 0.15) is 10.6 Å². The predicted molar refractivity (Wildman–Crippen MR) is 75.3 cm³/mol. The Labute approximate surface area is 117 Å². The number of hydrogen-bond donors (Lipinski definition) is 1. The maximum atomic E-state index is 5.74. The number of rotatable bonds is 3. The summed E-state index contributed by atoms with van der Waals surface area (Å²) >= 11 is 8.73. The molecule has 0 spiro atoms. The number of aryl methyl sites for hydroxylation is 1. The molecule has 2 aromatic heterocycles. The van der Waals surface area contributed by atoms with Gasteiger partial charge in [0.15, 0.2) is 5.16 Å². The van der Waals surface area contributed by atoms with Crippen molar-refractivity contribution < 1.29 is 0 Å². The van der Waals surface area contributed by atoms with Crippen molar-refractivity contribution in [2.45, 2.75) is 17.8 Å². The number of nitrogens with one attached hydrogen (secondary N) is 1. The summed E-state index contributed by atoms with van der Waals surface area (Å²) in [6.07, 6.45) is 0. The highest BCUT2D eigenvalue weighted by Crippen LogP contribution is 2.25. The van der Waals surface area contributed by atoms with Gasteiger partial charge in [0, 0.05) is 0 Å². The number of halogens is 1. The van der Waals surface area contributed by atoms with Crippen LogP contribution in [0.4, 0.5) is 0 Å². The number of aromatic nitrogens is 4. The number of nitrogens with zero attached hydrogens (tertiary/aromatic N) is 3. The fourth-order valence-corrected chi connectivity index (χ4v) is 3.33. The van der Waals surface area contributed by atoms with Crippen molar-refractivity contribution in [3.05, 3.63) is 33.2 Å². The largest absolute Gasteiger partial charge is 0.333 e. The Hall–Kier alpha value is -1.11. The lowest BCUT2D eigenvalue weighted by Gasteiger charge is -1.91. The Morgan fingerprint density at radius 2 is 2.28 bits per heavy atom. The van der Waals surface area contributed by atoms with E-state index in [1.165, 1.54) is 16.9 Å². The first-order valence-corrected chi connectivity index (χ1v) is 7.46. The summed E-state index contributed by atoms with van der Waals surface area (Å²) in [4.78, 5) is 7.80. The average Bonchev–Trinajstić information content (AvgIpc) is 2.92. The van der Waals surface area contributed by atoms with Gasteiger partial charge >= 0.3 is 0 Å². The van der Waals surface area contributed by atoms with Crippen LogP contribution in [0, 0.1) is 6.92 Å². The van der Waals surface area contributed by atoms with Gasteiger partial charge in [-0.1, -0.05) is 29.2 Å². The second kappa shape index (κ2) is 4.87. The van der Waals surface area contributed by atoms with Crippen LogP contribution in [0.5, 0.6) is 0 Å². The van der Waals surface area contributed by atoms with E-state index in [0.717, 1.165) is 27.0 Å². The van der Waals surface area contributed by atoms with Gasteiger partial charge in [-0.3, -0.25) is 0 Å². The van der Waals surface area contributed by atoms with Crippen LogP contribution < -0.4 is 0 Å². The zero-order valence-corrected chi connectivity index (χ0v) is 11.9. The topological polar surface area (TPSA) is 54.5 Å². The Morgan fingerprint density at radius 1 is 1.39 bits per heavy atom. The van der Waals surface area contributed by atoms with Crippen LogP contribution in [0.2, 0.25) is 4.47 Å². The molecule has 4 nitrogen and oxygen atoms in total. The molecule has 0 aliphatic carbocycles.